The number of carbonyl (C=O) groups excluding carboxylic acids is 1. The maximum absolute atomic E-state index is 13.4. The number of nitrogens with two attached hydrogens (primary N) is 1. The SMILES string of the molecule is O=C([C@H]([NH2+][C@@H](c1ccccc1)c1cccs1)c1ccccc1)N1CCCC1. The zero-order valence-corrected chi connectivity index (χ0v) is 16.1. The fraction of sp³-hybridized carbons (Fsp3) is 0.261. The molecule has 1 aromatic heterocycles. The summed E-state index contributed by atoms with van der Waals surface area (Å²) in [5.41, 5.74) is 2.31. The van der Waals surface area contributed by atoms with Gasteiger partial charge in [-0.25, -0.2) is 0 Å². The molecule has 0 spiro atoms. The lowest BCUT2D eigenvalue weighted by Gasteiger charge is -2.26. The van der Waals surface area contributed by atoms with E-state index in [4.69, 9.17) is 0 Å². The molecule has 138 valence electrons. The molecule has 3 aromatic rings. The van der Waals surface area contributed by atoms with Crippen LogP contribution >= 0.6 is 11.3 Å². The molecule has 1 aliphatic heterocycles. The van der Waals surface area contributed by atoms with Crippen LogP contribution in [0.25, 0.3) is 0 Å². The van der Waals surface area contributed by atoms with Crippen molar-refractivity contribution in [3.63, 3.8) is 0 Å². The highest BCUT2D eigenvalue weighted by molar-refractivity contribution is 7.10. The van der Waals surface area contributed by atoms with Crippen LogP contribution < -0.4 is 5.32 Å². The van der Waals surface area contributed by atoms with Crippen LogP contribution in [0.3, 0.4) is 0 Å². The molecule has 2 aromatic carbocycles. The number of amides is 1. The van der Waals surface area contributed by atoms with Crippen LogP contribution in [0.4, 0.5) is 0 Å². The van der Waals surface area contributed by atoms with Crippen LogP contribution in [0, 0.1) is 0 Å². The molecular formula is C23H25N2OS+. The van der Waals surface area contributed by atoms with Gasteiger partial charge in [-0.15, -0.1) is 11.3 Å². The van der Waals surface area contributed by atoms with Crippen molar-refractivity contribution < 1.29 is 10.1 Å². The predicted molar refractivity (Wildman–Crippen MR) is 110 cm³/mol. The summed E-state index contributed by atoms with van der Waals surface area (Å²) in [6.07, 6.45) is 2.22. The standard InChI is InChI=1S/C23H24N2OS/c26-23(25-15-7-8-16-25)22(19-12-5-2-6-13-19)24-21(20-14-9-17-27-20)18-10-3-1-4-11-18/h1-6,9-14,17,21-22,24H,7-8,15-16H2/p+1/t21-,22+/m0/s1. The van der Waals surface area contributed by atoms with Gasteiger partial charge in [0, 0.05) is 24.2 Å². The fourth-order valence-corrected chi connectivity index (χ4v) is 4.65. The molecule has 0 unspecified atom stereocenters. The number of benzene rings is 2. The van der Waals surface area contributed by atoms with Crippen molar-refractivity contribution in [2.45, 2.75) is 24.9 Å². The lowest BCUT2D eigenvalue weighted by Crippen LogP contribution is -2.88. The molecular weight excluding hydrogens is 352 g/mol. The average Bonchev–Trinajstić information content (AvgIpc) is 3.44. The summed E-state index contributed by atoms with van der Waals surface area (Å²) in [6.45, 7) is 1.76. The van der Waals surface area contributed by atoms with Gasteiger partial charge in [-0.1, -0.05) is 66.7 Å². The van der Waals surface area contributed by atoms with Gasteiger partial charge in [-0.05, 0) is 24.3 Å². The molecule has 0 bridgehead atoms. The third-order valence-corrected chi connectivity index (χ3v) is 6.19. The van der Waals surface area contributed by atoms with Gasteiger partial charge in [0.2, 0.25) is 0 Å². The molecule has 0 saturated carbocycles. The smallest absolute Gasteiger partial charge is 0.285 e. The molecule has 4 heteroatoms. The maximum atomic E-state index is 13.4. The summed E-state index contributed by atoms with van der Waals surface area (Å²) in [4.78, 5) is 16.7. The van der Waals surface area contributed by atoms with E-state index < -0.39 is 0 Å². The third-order valence-electron chi connectivity index (χ3n) is 5.24. The minimum absolute atomic E-state index is 0.114. The highest BCUT2D eigenvalue weighted by Gasteiger charge is 2.34. The normalized spacial score (nSPS) is 16.2. The molecule has 1 fully saturated rings. The average molecular weight is 378 g/mol. The monoisotopic (exact) mass is 377 g/mol. The molecule has 3 nitrogen and oxygen atoms in total. The van der Waals surface area contributed by atoms with Crippen LogP contribution in [-0.2, 0) is 4.79 Å². The van der Waals surface area contributed by atoms with Gasteiger partial charge < -0.3 is 10.2 Å². The van der Waals surface area contributed by atoms with Crippen molar-refractivity contribution in [1.29, 1.82) is 0 Å². The van der Waals surface area contributed by atoms with Crippen molar-refractivity contribution in [1.82, 2.24) is 4.90 Å². The van der Waals surface area contributed by atoms with Crippen LogP contribution in [0.15, 0.2) is 78.2 Å². The van der Waals surface area contributed by atoms with E-state index in [0.717, 1.165) is 31.5 Å². The van der Waals surface area contributed by atoms with E-state index in [2.05, 4.69) is 59.2 Å². The van der Waals surface area contributed by atoms with Crippen LogP contribution in [0.5, 0.6) is 0 Å². The number of thiophene rings is 1. The summed E-state index contributed by atoms with van der Waals surface area (Å²) in [5, 5.41) is 4.36. The Hall–Kier alpha value is -2.43. The Morgan fingerprint density at radius 1 is 0.852 bits per heavy atom. The van der Waals surface area contributed by atoms with Gasteiger partial charge in [0.25, 0.3) is 5.91 Å². The fourth-order valence-electron chi connectivity index (χ4n) is 3.82. The Bertz CT molecular complexity index is 843. The number of hydrogen-bond donors (Lipinski definition) is 1. The number of quaternary nitrogens is 1. The molecule has 2 heterocycles. The quantitative estimate of drug-likeness (QED) is 0.698. The highest BCUT2D eigenvalue weighted by Crippen LogP contribution is 2.25. The van der Waals surface area contributed by atoms with E-state index in [9.17, 15) is 4.79 Å². The summed E-state index contributed by atoms with van der Waals surface area (Å²) < 4.78 is 0. The first-order chi connectivity index (χ1) is 13.3. The van der Waals surface area contributed by atoms with Gasteiger partial charge in [-0.3, -0.25) is 4.79 Å². The van der Waals surface area contributed by atoms with Crippen molar-refractivity contribution in [3.8, 4) is 0 Å². The van der Waals surface area contributed by atoms with Crippen LogP contribution in [-0.4, -0.2) is 23.9 Å². The molecule has 4 rings (SSSR count). The van der Waals surface area contributed by atoms with Gasteiger partial charge in [0.05, 0.1) is 4.88 Å². The van der Waals surface area contributed by atoms with Crippen LogP contribution in [0.1, 0.15) is 40.9 Å². The number of hydrogen-bond acceptors (Lipinski definition) is 2. The summed E-state index contributed by atoms with van der Waals surface area (Å²) in [5.74, 6) is 0.233. The van der Waals surface area contributed by atoms with Crippen molar-refractivity contribution in [2.75, 3.05) is 13.1 Å². The Morgan fingerprint density at radius 3 is 2.07 bits per heavy atom. The second kappa shape index (κ2) is 8.51. The first-order valence-corrected chi connectivity index (χ1v) is 10.5. The lowest BCUT2D eigenvalue weighted by atomic mass is 10.00. The second-order valence-corrected chi connectivity index (χ2v) is 8.00. The molecule has 1 aliphatic rings. The Morgan fingerprint density at radius 2 is 1.48 bits per heavy atom. The van der Waals surface area contributed by atoms with Gasteiger partial charge in [0.1, 0.15) is 6.04 Å². The summed E-state index contributed by atoms with van der Waals surface area (Å²) >= 11 is 1.75. The first-order valence-electron chi connectivity index (χ1n) is 9.60. The van der Waals surface area contributed by atoms with E-state index in [1.807, 2.05) is 29.2 Å². The highest BCUT2D eigenvalue weighted by atomic mass is 32.1. The lowest BCUT2D eigenvalue weighted by molar-refractivity contribution is -0.714. The van der Waals surface area contributed by atoms with Crippen molar-refractivity contribution in [3.05, 3.63) is 94.2 Å². The minimum Gasteiger partial charge on any atom is -0.337 e. The van der Waals surface area contributed by atoms with Gasteiger partial charge in [0.15, 0.2) is 6.04 Å². The van der Waals surface area contributed by atoms with Crippen molar-refractivity contribution in [2.24, 2.45) is 0 Å². The summed E-state index contributed by atoms with van der Waals surface area (Å²) in [6, 6.07) is 24.8. The van der Waals surface area contributed by atoms with E-state index in [-0.39, 0.29) is 18.0 Å². The molecule has 27 heavy (non-hydrogen) atoms. The molecule has 0 aliphatic carbocycles. The summed E-state index contributed by atoms with van der Waals surface area (Å²) in [7, 11) is 0. The zero-order valence-electron chi connectivity index (χ0n) is 15.3. The van der Waals surface area contributed by atoms with E-state index in [1.54, 1.807) is 11.3 Å². The van der Waals surface area contributed by atoms with Crippen molar-refractivity contribution >= 4 is 17.2 Å². The first kappa shape index (κ1) is 18.0. The molecule has 2 atom stereocenters. The van der Waals surface area contributed by atoms with Gasteiger partial charge >= 0.3 is 0 Å². The predicted octanol–water partition coefficient (Wildman–Crippen LogP) is 3.76. The van der Waals surface area contributed by atoms with Gasteiger partial charge in [-0.2, -0.15) is 0 Å². The Kier molecular flexibility index (Phi) is 5.66. The number of rotatable bonds is 6. The number of likely N-dealkylation sites (tertiary alicyclic amines) is 1. The molecule has 0 radical (unpaired) electrons. The van der Waals surface area contributed by atoms with E-state index in [1.165, 1.54) is 10.4 Å². The zero-order chi connectivity index (χ0) is 18.5. The van der Waals surface area contributed by atoms with E-state index >= 15 is 0 Å². The number of nitrogens with zero attached hydrogens (tertiary/aromatic N) is 1. The number of carbonyl (C=O) groups is 1. The maximum Gasteiger partial charge on any atom is 0.285 e. The van der Waals surface area contributed by atoms with E-state index in [0.29, 0.717) is 0 Å². The topological polar surface area (TPSA) is 36.9 Å². The Balaban J connectivity index is 1.69. The minimum atomic E-state index is -0.225. The third kappa shape index (κ3) is 4.12. The largest absolute Gasteiger partial charge is 0.337 e. The second-order valence-electron chi connectivity index (χ2n) is 7.02. The Labute approximate surface area is 164 Å². The van der Waals surface area contributed by atoms with Crippen LogP contribution in [0.2, 0.25) is 0 Å². The molecule has 2 N–H and O–H groups in total. The molecule has 1 saturated heterocycles. The molecule has 1 amide bonds.